The monoisotopic (exact) mass is 176 g/mol. The Bertz CT molecular complexity index is 156. The van der Waals surface area contributed by atoms with Crippen molar-refractivity contribution in [3.8, 4) is 0 Å². The molecule has 0 aliphatic carbocycles. The third-order valence-corrected chi connectivity index (χ3v) is 1.68. The van der Waals surface area contributed by atoms with E-state index in [1.165, 1.54) is 6.92 Å². The fraction of sp³-hybridized carbons (Fsp3) is 0.714. The second-order valence-corrected chi connectivity index (χ2v) is 2.96. The van der Waals surface area contributed by atoms with Crippen molar-refractivity contribution in [2.45, 2.75) is 31.9 Å². The van der Waals surface area contributed by atoms with Gasteiger partial charge in [0.1, 0.15) is 0 Å². The van der Waals surface area contributed by atoms with Crippen LogP contribution < -0.4 is 0 Å². The van der Waals surface area contributed by atoms with E-state index >= 15 is 0 Å². The highest BCUT2D eigenvalue weighted by atomic mass is 32.1. The molecule has 1 atom stereocenters. The Balaban J connectivity index is 3.60. The lowest BCUT2D eigenvalue weighted by molar-refractivity contribution is -0.157. The first kappa shape index (κ1) is 10.5. The Labute approximate surface area is 71.5 Å². The quantitative estimate of drug-likeness (QED) is 0.399. The topological polar surface area (TPSA) is 43.4 Å². The van der Waals surface area contributed by atoms with Gasteiger partial charge >= 0.3 is 11.9 Å². The number of carbonyl (C=O) groups is 2. The van der Waals surface area contributed by atoms with Gasteiger partial charge in [0.15, 0.2) is 0 Å². The van der Waals surface area contributed by atoms with Crippen LogP contribution in [0.25, 0.3) is 0 Å². The van der Waals surface area contributed by atoms with Gasteiger partial charge in [-0.3, -0.25) is 9.59 Å². The lowest BCUT2D eigenvalue weighted by Gasteiger charge is -2.04. The zero-order chi connectivity index (χ0) is 8.85. The molecule has 0 saturated heterocycles. The van der Waals surface area contributed by atoms with Crippen LogP contribution in [0.15, 0.2) is 0 Å². The van der Waals surface area contributed by atoms with Crippen LogP contribution in [-0.2, 0) is 14.3 Å². The van der Waals surface area contributed by atoms with Crippen LogP contribution in [0, 0.1) is 0 Å². The van der Waals surface area contributed by atoms with Gasteiger partial charge in [0.25, 0.3) is 0 Å². The van der Waals surface area contributed by atoms with Crippen molar-refractivity contribution in [3.63, 3.8) is 0 Å². The SMILES string of the molecule is CCC(S)CC(=O)OC(C)=O. The Kier molecular flexibility index (Phi) is 4.94. The van der Waals surface area contributed by atoms with Gasteiger partial charge in [-0.2, -0.15) is 12.6 Å². The Morgan fingerprint density at radius 2 is 2.09 bits per heavy atom. The molecule has 4 heteroatoms. The van der Waals surface area contributed by atoms with Gasteiger partial charge in [0.05, 0.1) is 6.42 Å². The first-order valence-corrected chi connectivity index (χ1v) is 3.97. The van der Waals surface area contributed by atoms with E-state index in [0.717, 1.165) is 6.42 Å². The number of ether oxygens (including phenoxy) is 1. The first-order valence-electron chi connectivity index (χ1n) is 3.45. The van der Waals surface area contributed by atoms with Crippen molar-refractivity contribution in [2.75, 3.05) is 0 Å². The molecule has 0 aromatic heterocycles. The van der Waals surface area contributed by atoms with Crippen LogP contribution in [0.1, 0.15) is 26.7 Å². The maximum atomic E-state index is 10.7. The summed E-state index contributed by atoms with van der Waals surface area (Å²) in [5.74, 6) is -1.06. The maximum Gasteiger partial charge on any atom is 0.314 e. The summed E-state index contributed by atoms with van der Waals surface area (Å²) in [5, 5.41) is -0.0122. The summed E-state index contributed by atoms with van der Waals surface area (Å²) in [6.07, 6.45) is 0.981. The molecule has 0 rings (SSSR count). The van der Waals surface area contributed by atoms with Crippen molar-refractivity contribution >= 4 is 24.6 Å². The van der Waals surface area contributed by atoms with Crippen LogP contribution >= 0.6 is 12.6 Å². The molecule has 11 heavy (non-hydrogen) atoms. The van der Waals surface area contributed by atoms with E-state index < -0.39 is 11.9 Å². The fourth-order valence-electron chi connectivity index (χ4n) is 0.539. The van der Waals surface area contributed by atoms with Gasteiger partial charge in [-0.15, -0.1) is 0 Å². The van der Waals surface area contributed by atoms with E-state index in [1.807, 2.05) is 6.92 Å². The Hall–Kier alpha value is -0.510. The van der Waals surface area contributed by atoms with Crippen molar-refractivity contribution in [1.29, 1.82) is 0 Å². The summed E-state index contributed by atoms with van der Waals surface area (Å²) in [5.41, 5.74) is 0. The molecule has 64 valence electrons. The zero-order valence-electron chi connectivity index (χ0n) is 6.66. The molecule has 0 radical (unpaired) electrons. The number of esters is 2. The largest absolute Gasteiger partial charge is 0.393 e. The smallest absolute Gasteiger partial charge is 0.314 e. The molecule has 0 aliphatic rings. The average Bonchev–Trinajstić information content (AvgIpc) is 1.85. The van der Waals surface area contributed by atoms with E-state index in [-0.39, 0.29) is 11.7 Å². The van der Waals surface area contributed by atoms with E-state index in [1.54, 1.807) is 0 Å². The predicted molar refractivity (Wildman–Crippen MR) is 44.5 cm³/mol. The number of hydrogen-bond acceptors (Lipinski definition) is 4. The first-order chi connectivity index (χ1) is 5.06. The second kappa shape index (κ2) is 5.18. The van der Waals surface area contributed by atoms with Crippen LogP contribution in [-0.4, -0.2) is 17.2 Å². The van der Waals surface area contributed by atoms with Crippen molar-refractivity contribution in [2.24, 2.45) is 0 Å². The molecule has 0 N–H and O–H groups in total. The molecule has 0 heterocycles. The van der Waals surface area contributed by atoms with Gasteiger partial charge in [-0.25, -0.2) is 0 Å². The van der Waals surface area contributed by atoms with Crippen molar-refractivity contribution in [3.05, 3.63) is 0 Å². The maximum absolute atomic E-state index is 10.7. The van der Waals surface area contributed by atoms with Crippen LogP contribution in [0.5, 0.6) is 0 Å². The summed E-state index contributed by atoms with van der Waals surface area (Å²) in [6.45, 7) is 3.12. The summed E-state index contributed by atoms with van der Waals surface area (Å²) in [6, 6.07) is 0. The molecule has 0 fully saturated rings. The molecule has 0 amide bonds. The molecule has 1 unspecified atom stereocenters. The lowest BCUT2D eigenvalue weighted by atomic mass is 10.2. The fourth-order valence-corrected chi connectivity index (χ4v) is 0.688. The highest BCUT2D eigenvalue weighted by molar-refractivity contribution is 7.81. The Morgan fingerprint density at radius 3 is 2.45 bits per heavy atom. The number of carbonyl (C=O) groups excluding carboxylic acids is 2. The molecule has 0 aromatic carbocycles. The minimum Gasteiger partial charge on any atom is -0.393 e. The van der Waals surface area contributed by atoms with Crippen LogP contribution in [0.3, 0.4) is 0 Å². The van der Waals surface area contributed by atoms with Gasteiger partial charge in [-0.05, 0) is 6.42 Å². The molecular formula is C7H12O3S. The molecule has 0 saturated carbocycles. The van der Waals surface area contributed by atoms with Crippen LogP contribution in [0.4, 0.5) is 0 Å². The minimum atomic E-state index is -0.563. The summed E-state index contributed by atoms with van der Waals surface area (Å²) in [7, 11) is 0. The summed E-state index contributed by atoms with van der Waals surface area (Å²) >= 11 is 4.08. The number of rotatable bonds is 3. The van der Waals surface area contributed by atoms with Gasteiger partial charge in [0, 0.05) is 12.2 Å². The third-order valence-electron chi connectivity index (χ3n) is 1.13. The summed E-state index contributed by atoms with van der Waals surface area (Å²) in [4.78, 5) is 21.0. The predicted octanol–water partition coefficient (Wildman–Crippen LogP) is 1.17. The highest BCUT2D eigenvalue weighted by Gasteiger charge is 2.10. The lowest BCUT2D eigenvalue weighted by Crippen LogP contribution is -2.13. The average molecular weight is 176 g/mol. The van der Waals surface area contributed by atoms with E-state index in [9.17, 15) is 9.59 Å². The van der Waals surface area contributed by atoms with Gasteiger partial charge in [-0.1, -0.05) is 6.92 Å². The third kappa shape index (κ3) is 5.91. The minimum absolute atomic E-state index is 0.0122. The van der Waals surface area contributed by atoms with Crippen molar-refractivity contribution < 1.29 is 14.3 Å². The van der Waals surface area contributed by atoms with E-state index in [4.69, 9.17) is 0 Å². The standard InChI is InChI=1S/C7H12O3S/c1-3-6(11)4-7(9)10-5(2)8/h6,11H,3-4H2,1-2H3. The molecule has 0 aromatic rings. The van der Waals surface area contributed by atoms with Crippen LogP contribution in [0.2, 0.25) is 0 Å². The molecule has 0 aliphatic heterocycles. The molecule has 0 spiro atoms. The van der Waals surface area contributed by atoms with E-state index in [0.29, 0.717) is 0 Å². The number of hydrogen-bond donors (Lipinski definition) is 1. The molecule has 0 bridgehead atoms. The zero-order valence-corrected chi connectivity index (χ0v) is 7.56. The van der Waals surface area contributed by atoms with Gasteiger partial charge in [0.2, 0.25) is 0 Å². The highest BCUT2D eigenvalue weighted by Crippen LogP contribution is 2.06. The van der Waals surface area contributed by atoms with E-state index in [2.05, 4.69) is 17.4 Å². The molecular weight excluding hydrogens is 164 g/mol. The summed E-state index contributed by atoms with van der Waals surface area (Å²) < 4.78 is 4.30. The number of thiol groups is 1. The van der Waals surface area contributed by atoms with Gasteiger partial charge < -0.3 is 4.74 Å². The normalized spacial score (nSPS) is 12.3. The second-order valence-electron chi connectivity index (χ2n) is 2.23. The van der Waals surface area contributed by atoms with Crippen molar-refractivity contribution in [1.82, 2.24) is 0 Å². The Morgan fingerprint density at radius 1 is 1.55 bits per heavy atom. The molecule has 3 nitrogen and oxygen atoms in total.